The molecule has 0 aliphatic carbocycles. The predicted octanol–water partition coefficient (Wildman–Crippen LogP) is 3.17. The summed E-state index contributed by atoms with van der Waals surface area (Å²) in [6.07, 6.45) is 3.47. The molecule has 0 atom stereocenters. The van der Waals surface area contributed by atoms with Gasteiger partial charge in [-0.1, -0.05) is 11.6 Å². The van der Waals surface area contributed by atoms with Crippen molar-refractivity contribution >= 4 is 28.9 Å². The quantitative estimate of drug-likeness (QED) is 0.289. The smallest absolute Gasteiger partial charge is 0.352 e. The molecule has 0 saturated carbocycles. The highest BCUT2D eigenvalue weighted by Gasteiger charge is 2.32. The lowest BCUT2D eigenvalue weighted by atomic mass is 10.2. The Labute approximate surface area is 159 Å². The van der Waals surface area contributed by atoms with E-state index in [1.807, 2.05) is 0 Å². The van der Waals surface area contributed by atoms with E-state index >= 15 is 0 Å². The van der Waals surface area contributed by atoms with Crippen LogP contribution in [0.4, 0.5) is 5.69 Å². The number of nitro groups is 1. The van der Waals surface area contributed by atoms with Crippen LogP contribution in [0.1, 0.15) is 30.3 Å². The van der Waals surface area contributed by atoms with Crippen LogP contribution in [0.2, 0.25) is 10.3 Å². The topological polar surface area (TPSA) is 105 Å². The fourth-order valence-electron chi connectivity index (χ4n) is 2.63. The van der Waals surface area contributed by atoms with Crippen molar-refractivity contribution in [1.29, 1.82) is 0 Å². The molecule has 140 valence electrons. The molecule has 1 aliphatic heterocycles. The molecule has 0 unspecified atom stereocenters. The minimum absolute atomic E-state index is 0.0238. The molecule has 1 fully saturated rings. The van der Waals surface area contributed by atoms with Crippen molar-refractivity contribution in [1.82, 2.24) is 19.7 Å². The molecule has 2 aromatic heterocycles. The Kier molecular flexibility index (Phi) is 5.90. The molecular formula is C15H17Cl2N5O4. The number of nitrogens with zero attached hydrogens (tertiary/aromatic N) is 5. The predicted molar refractivity (Wildman–Crippen MR) is 94.0 cm³/mol. The lowest BCUT2D eigenvalue weighted by Crippen LogP contribution is -2.32. The van der Waals surface area contributed by atoms with Crippen LogP contribution < -0.4 is 4.74 Å². The lowest BCUT2D eigenvalue weighted by Gasteiger charge is -2.26. The van der Waals surface area contributed by atoms with Gasteiger partial charge in [-0.05, 0) is 37.8 Å². The van der Waals surface area contributed by atoms with Crippen molar-refractivity contribution in [2.75, 3.05) is 19.8 Å². The van der Waals surface area contributed by atoms with E-state index in [1.165, 1.54) is 6.20 Å². The van der Waals surface area contributed by atoms with E-state index in [0.717, 1.165) is 6.42 Å². The second-order valence-corrected chi connectivity index (χ2v) is 6.62. The van der Waals surface area contributed by atoms with E-state index in [0.29, 0.717) is 49.1 Å². The number of rotatable bonds is 8. The van der Waals surface area contributed by atoms with Crippen LogP contribution in [-0.4, -0.2) is 44.5 Å². The molecule has 0 aromatic carbocycles. The molecule has 3 rings (SSSR count). The summed E-state index contributed by atoms with van der Waals surface area (Å²) in [5, 5.41) is 16.2. The molecule has 0 spiro atoms. The molecular weight excluding hydrogens is 385 g/mol. The van der Waals surface area contributed by atoms with Gasteiger partial charge in [0.1, 0.15) is 5.69 Å². The summed E-state index contributed by atoms with van der Waals surface area (Å²) in [5.41, 5.74) is 1.05. The van der Waals surface area contributed by atoms with E-state index in [-0.39, 0.29) is 22.9 Å². The van der Waals surface area contributed by atoms with Gasteiger partial charge in [-0.2, -0.15) is 0 Å². The molecule has 0 radical (unpaired) electrons. The van der Waals surface area contributed by atoms with Crippen molar-refractivity contribution < 1.29 is 14.4 Å². The zero-order valence-electron chi connectivity index (χ0n) is 14.0. The van der Waals surface area contributed by atoms with Crippen molar-refractivity contribution in [3.05, 3.63) is 38.0 Å². The fourth-order valence-corrected chi connectivity index (χ4v) is 2.96. The van der Waals surface area contributed by atoms with Crippen molar-refractivity contribution in [3.8, 4) is 5.88 Å². The molecule has 26 heavy (non-hydrogen) atoms. The first-order valence-corrected chi connectivity index (χ1v) is 8.84. The van der Waals surface area contributed by atoms with E-state index < -0.39 is 4.92 Å². The van der Waals surface area contributed by atoms with Gasteiger partial charge >= 0.3 is 11.6 Å². The molecule has 0 bridgehead atoms. The van der Waals surface area contributed by atoms with Gasteiger partial charge in [0.25, 0.3) is 0 Å². The number of aryl methyl sites for hydroxylation is 1. The molecule has 3 heterocycles. The summed E-state index contributed by atoms with van der Waals surface area (Å²) in [6, 6.07) is 0.0238. The van der Waals surface area contributed by atoms with Crippen molar-refractivity contribution in [2.45, 2.75) is 32.2 Å². The molecule has 9 nitrogen and oxygen atoms in total. The van der Waals surface area contributed by atoms with Gasteiger partial charge in [-0.3, -0.25) is 14.8 Å². The summed E-state index contributed by atoms with van der Waals surface area (Å²) >= 11 is 11.8. The van der Waals surface area contributed by atoms with Crippen LogP contribution in [0.15, 0.2) is 6.20 Å². The third-order valence-electron chi connectivity index (χ3n) is 4.07. The average molecular weight is 402 g/mol. The zero-order valence-corrected chi connectivity index (χ0v) is 15.5. The van der Waals surface area contributed by atoms with Gasteiger partial charge in [-0.25, -0.2) is 9.97 Å². The zero-order chi connectivity index (χ0) is 18.7. The number of hydrogen-bond acceptors (Lipinski definition) is 7. The Morgan fingerprint density at radius 1 is 1.42 bits per heavy atom. The van der Waals surface area contributed by atoms with E-state index in [4.69, 9.17) is 32.7 Å². The van der Waals surface area contributed by atoms with Crippen LogP contribution in [0.3, 0.4) is 0 Å². The van der Waals surface area contributed by atoms with Crippen molar-refractivity contribution in [2.24, 2.45) is 0 Å². The third-order valence-corrected chi connectivity index (χ3v) is 4.57. The number of unbranched alkanes of at least 4 members (excludes halogenated alkanes) is 1. The maximum Gasteiger partial charge on any atom is 0.352 e. The van der Waals surface area contributed by atoms with Crippen LogP contribution in [0.25, 0.3) is 0 Å². The average Bonchev–Trinajstić information content (AvgIpc) is 2.85. The van der Waals surface area contributed by atoms with Crippen LogP contribution in [0.5, 0.6) is 5.88 Å². The Balaban J connectivity index is 1.56. The first-order valence-electron chi connectivity index (χ1n) is 8.08. The van der Waals surface area contributed by atoms with Crippen molar-refractivity contribution in [3.63, 3.8) is 0 Å². The summed E-state index contributed by atoms with van der Waals surface area (Å²) in [4.78, 5) is 18.7. The summed E-state index contributed by atoms with van der Waals surface area (Å²) in [7, 11) is 0. The van der Waals surface area contributed by atoms with E-state index in [9.17, 15) is 10.1 Å². The third kappa shape index (κ3) is 4.05. The highest BCUT2D eigenvalue weighted by atomic mass is 35.5. The van der Waals surface area contributed by atoms with Gasteiger partial charge < -0.3 is 9.47 Å². The number of halogens is 2. The van der Waals surface area contributed by atoms with E-state index in [2.05, 4.69) is 15.1 Å². The molecule has 0 amide bonds. The second kappa shape index (κ2) is 8.15. The Morgan fingerprint density at radius 2 is 2.19 bits per heavy atom. The minimum atomic E-state index is -0.462. The minimum Gasteiger partial charge on any atom is -0.472 e. The number of hydrogen-bond donors (Lipinski definition) is 0. The maximum absolute atomic E-state index is 11.3. The molecule has 1 aliphatic rings. The molecule has 0 N–H and O–H groups in total. The number of aromatic nitrogens is 4. The Hall–Kier alpha value is -1.97. The van der Waals surface area contributed by atoms with E-state index in [1.54, 1.807) is 11.6 Å². The van der Waals surface area contributed by atoms with Gasteiger partial charge in [0.15, 0.2) is 0 Å². The standard InChI is InChI=1S/C15H17Cl2N5O4/c1-9-13(22(23)24)14(20-21(9)10-7-25-8-10)26-5-3-2-4-12-11(16)6-18-15(17)19-12/h6,10H,2-5,7-8H2,1H3. The Bertz CT molecular complexity index is 810. The molecule has 11 heteroatoms. The Morgan fingerprint density at radius 3 is 2.85 bits per heavy atom. The largest absolute Gasteiger partial charge is 0.472 e. The molecule has 2 aromatic rings. The highest BCUT2D eigenvalue weighted by Crippen LogP contribution is 2.33. The summed E-state index contributed by atoms with van der Waals surface area (Å²) in [6.45, 7) is 2.97. The van der Waals surface area contributed by atoms with Gasteiger partial charge in [0, 0.05) is 0 Å². The fraction of sp³-hybridized carbons (Fsp3) is 0.533. The van der Waals surface area contributed by atoms with Crippen LogP contribution in [-0.2, 0) is 11.2 Å². The first-order chi connectivity index (χ1) is 12.5. The van der Waals surface area contributed by atoms with Crippen LogP contribution >= 0.6 is 23.2 Å². The van der Waals surface area contributed by atoms with Crippen LogP contribution in [0, 0.1) is 17.0 Å². The number of ether oxygens (including phenoxy) is 2. The molecule has 1 saturated heterocycles. The second-order valence-electron chi connectivity index (χ2n) is 5.87. The normalized spacial score (nSPS) is 14.3. The first kappa shape index (κ1) is 18.8. The van der Waals surface area contributed by atoms with Gasteiger partial charge in [-0.15, -0.1) is 5.10 Å². The maximum atomic E-state index is 11.3. The monoisotopic (exact) mass is 401 g/mol. The summed E-state index contributed by atoms with van der Waals surface area (Å²) in [5.74, 6) is 0.0440. The highest BCUT2D eigenvalue weighted by molar-refractivity contribution is 6.31. The summed E-state index contributed by atoms with van der Waals surface area (Å²) < 4.78 is 12.3. The lowest BCUT2D eigenvalue weighted by molar-refractivity contribution is -0.386. The van der Waals surface area contributed by atoms with Gasteiger partial charge in [0.2, 0.25) is 5.28 Å². The SMILES string of the molecule is Cc1c([N+](=O)[O-])c(OCCCCc2nc(Cl)ncc2Cl)nn1C1COC1. The van der Waals surface area contributed by atoms with Gasteiger partial charge in [0.05, 0.1) is 47.7 Å².